The van der Waals surface area contributed by atoms with Gasteiger partial charge in [-0.25, -0.2) is 4.98 Å². The highest BCUT2D eigenvalue weighted by atomic mass is 15.3. The zero-order chi connectivity index (χ0) is 12.8. The van der Waals surface area contributed by atoms with E-state index in [4.69, 9.17) is 0 Å². The summed E-state index contributed by atoms with van der Waals surface area (Å²) in [5.74, 6) is 4.48. The first kappa shape index (κ1) is 11.2. The number of anilines is 1. The minimum Gasteiger partial charge on any atom is -0.370 e. The van der Waals surface area contributed by atoms with Crippen LogP contribution in [0.3, 0.4) is 0 Å². The van der Waals surface area contributed by atoms with Crippen molar-refractivity contribution in [3.05, 3.63) is 18.1 Å². The molecule has 2 aromatic heterocycles. The van der Waals surface area contributed by atoms with Crippen LogP contribution in [-0.4, -0.2) is 26.1 Å². The van der Waals surface area contributed by atoms with E-state index in [1.165, 1.54) is 25.7 Å². The van der Waals surface area contributed by atoms with Crippen LogP contribution in [0.2, 0.25) is 0 Å². The largest absolute Gasteiger partial charge is 0.370 e. The summed E-state index contributed by atoms with van der Waals surface area (Å²) in [5.41, 5.74) is 0.982. The van der Waals surface area contributed by atoms with Gasteiger partial charge in [-0.3, -0.25) is 0 Å². The summed E-state index contributed by atoms with van der Waals surface area (Å²) in [7, 11) is 0. The normalized spacial score (nSPS) is 29.2. The number of aromatic nitrogens is 4. The molecule has 1 N–H and O–H groups in total. The predicted octanol–water partition coefficient (Wildman–Crippen LogP) is 2.28. The standard InChI is InChI=1S/C14H19N5/c1-9-4-13(19-14(18-9)16-8-17-19)15-7-12-6-10-2-3-11(12)5-10/h4,8,10-12,15H,2-3,5-7H2,1H3. The highest BCUT2D eigenvalue weighted by Gasteiger charge is 2.39. The van der Waals surface area contributed by atoms with Gasteiger partial charge in [0.05, 0.1) is 0 Å². The quantitative estimate of drug-likeness (QED) is 0.916. The third-order valence-electron chi connectivity index (χ3n) is 4.81. The van der Waals surface area contributed by atoms with E-state index < -0.39 is 0 Å². The monoisotopic (exact) mass is 257 g/mol. The maximum Gasteiger partial charge on any atom is 0.254 e. The molecule has 2 heterocycles. The molecule has 0 aliphatic heterocycles. The molecule has 3 atom stereocenters. The van der Waals surface area contributed by atoms with Gasteiger partial charge in [-0.05, 0) is 43.9 Å². The molecule has 100 valence electrons. The molecule has 4 rings (SSSR count). The van der Waals surface area contributed by atoms with Crippen LogP contribution in [-0.2, 0) is 0 Å². The Hall–Kier alpha value is -1.65. The second-order valence-corrected chi connectivity index (χ2v) is 6.07. The molecule has 2 aromatic rings. The molecule has 0 saturated heterocycles. The second-order valence-electron chi connectivity index (χ2n) is 6.07. The Morgan fingerprint density at radius 2 is 2.32 bits per heavy atom. The first-order valence-corrected chi connectivity index (χ1v) is 7.21. The van der Waals surface area contributed by atoms with E-state index >= 15 is 0 Å². The number of nitrogens with zero attached hydrogens (tertiary/aromatic N) is 4. The van der Waals surface area contributed by atoms with Crippen molar-refractivity contribution in [3.8, 4) is 0 Å². The van der Waals surface area contributed by atoms with E-state index in [-0.39, 0.29) is 0 Å². The number of rotatable bonds is 3. The molecule has 3 unspecified atom stereocenters. The summed E-state index contributed by atoms with van der Waals surface area (Å²) < 4.78 is 1.79. The van der Waals surface area contributed by atoms with E-state index in [1.807, 2.05) is 6.92 Å². The SMILES string of the molecule is Cc1cc(NCC2CC3CCC2C3)n2ncnc2n1. The third-order valence-corrected chi connectivity index (χ3v) is 4.81. The number of hydrogen-bond donors (Lipinski definition) is 1. The summed E-state index contributed by atoms with van der Waals surface area (Å²) in [4.78, 5) is 8.52. The average molecular weight is 257 g/mol. The number of hydrogen-bond acceptors (Lipinski definition) is 4. The molecule has 5 heteroatoms. The van der Waals surface area contributed by atoms with E-state index in [0.29, 0.717) is 5.78 Å². The Labute approximate surface area is 112 Å². The van der Waals surface area contributed by atoms with Gasteiger partial charge in [0, 0.05) is 18.3 Å². The van der Waals surface area contributed by atoms with Gasteiger partial charge in [0.1, 0.15) is 12.1 Å². The Balaban J connectivity index is 1.53. The summed E-state index contributed by atoms with van der Waals surface area (Å²) in [6.45, 7) is 3.05. The van der Waals surface area contributed by atoms with Crippen LogP contribution >= 0.6 is 0 Å². The Morgan fingerprint density at radius 1 is 1.37 bits per heavy atom. The molecule has 19 heavy (non-hydrogen) atoms. The van der Waals surface area contributed by atoms with Crippen molar-refractivity contribution in [2.75, 3.05) is 11.9 Å². The van der Waals surface area contributed by atoms with Crippen molar-refractivity contribution in [2.24, 2.45) is 17.8 Å². The lowest BCUT2D eigenvalue weighted by atomic mass is 9.89. The summed E-state index contributed by atoms with van der Waals surface area (Å²) >= 11 is 0. The molecule has 2 aliphatic carbocycles. The fourth-order valence-corrected chi connectivity index (χ4v) is 3.92. The zero-order valence-corrected chi connectivity index (χ0v) is 11.2. The molecule has 2 fully saturated rings. The maximum absolute atomic E-state index is 4.36. The maximum atomic E-state index is 4.36. The van der Waals surface area contributed by atoms with E-state index in [1.54, 1.807) is 10.8 Å². The van der Waals surface area contributed by atoms with E-state index in [0.717, 1.165) is 35.8 Å². The van der Waals surface area contributed by atoms with Gasteiger partial charge in [-0.2, -0.15) is 14.6 Å². The molecule has 0 radical (unpaired) electrons. The lowest BCUT2D eigenvalue weighted by molar-refractivity contribution is 0.348. The molecule has 0 aromatic carbocycles. The third kappa shape index (κ3) is 1.88. The van der Waals surface area contributed by atoms with Crippen LogP contribution in [0, 0.1) is 24.7 Å². The molecular formula is C14H19N5. The first-order valence-electron chi connectivity index (χ1n) is 7.21. The fourth-order valence-electron chi connectivity index (χ4n) is 3.92. The van der Waals surface area contributed by atoms with Gasteiger partial charge >= 0.3 is 0 Å². The topological polar surface area (TPSA) is 55.1 Å². The lowest BCUT2D eigenvalue weighted by Gasteiger charge is -2.22. The smallest absolute Gasteiger partial charge is 0.254 e. The molecule has 2 aliphatic rings. The van der Waals surface area contributed by atoms with Crippen molar-refractivity contribution in [2.45, 2.75) is 32.6 Å². The summed E-state index contributed by atoms with van der Waals surface area (Å²) in [5, 5.41) is 7.80. The zero-order valence-electron chi connectivity index (χ0n) is 11.2. The van der Waals surface area contributed by atoms with Crippen LogP contribution < -0.4 is 5.32 Å². The highest BCUT2D eigenvalue weighted by Crippen LogP contribution is 2.48. The Bertz CT molecular complexity index is 605. The minimum absolute atomic E-state index is 0.676. The van der Waals surface area contributed by atoms with Gasteiger partial charge in [0.15, 0.2) is 0 Å². The predicted molar refractivity (Wildman–Crippen MR) is 72.9 cm³/mol. The van der Waals surface area contributed by atoms with Crippen molar-refractivity contribution in [3.63, 3.8) is 0 Å². The Morgan fingerprint density at radius 3 is 3.11 bits per heavy atom. The molecule has 0 spiro atoms. The Kier molecular flexibility index (Phi) is 2.47. The van der Waals surface area contributed by atoms with Gasteiger partial charge in [-0.1, -0.05) is 6.42 Å². The number of fused-ring (bicyclic) bond motifs is 3. The van der Waals surface area contributed by atoms with Crippen LogP contribution in [0.25, 0.3) is 5.78 Å². The van der Waals surface area contributed by atoms with Crippen LogP contribution in [0.4, 0.5) is 5.82 Å². The number of aryl methyl sites for hydroxylation is 1. The van der Waals surface area contributed by atoms with Gasteiger partial charge < -0.3 is 5.32 Å². The van der Waals surface area contributed by atoms with E-state index in [9.17, 15) is 0 Å². The minimum atomic E-state index is 0.676. The first-order chi connectivity index (χ1) is 9.29. The summed E-state index contributed by atoms with van der Waals surface area (Å²) in [6.07, 6.45) is 7.32. The van der Waals surface area contributed by atoms with Gasteiger partial charge in [0.25, 0.3) is 5.78 Å². The molecule has 2 bridgehead atoms. The summed E-state index contributed by atoms with van der Waals surface area (Å²) in [6, 6.07) is 2.05. The molecular weight excluding hydrogens is 238 g/mol. The molecule has 5 nitrogen and oxygen atoms in total. The number of nitrogens with one attached hydrogen (secondary N) is 1. The average Bonchev–Trinajstić information content (AvgIpc) is 3.10. The van der Waals surface area contributed by atoms with Crippen molar-refractivity contribution in [1.82, 2.24) is 19.6 Å². The molecule has 2 saturated carbocycles. The lowest BCUT2D eigenvalue weighted by Crippen LogP contribution is -2.21. The van der Waals surface area contributed by atoms with Crippen LogP contribution in [0.15, 0.2) is 12.4 Å². The van der Waals surface area contributed by atoms with Gasteiger partial charge in [-0.15, -0.1) is 0 Å². The van der Waals surface area contributed by atoms with Crippen molar-refractivity contribution >= 4 is 11.6 Å². The van der Waals surface area contributed by atoms with Gasteiger partial charge in [0.2, 0.25) is 0 Å². The van der Waals surface area contributed by atoms with Crippen molar-refractivity contribution < 1.29 is 0 Å². The molecule has 0 amide bonds. The fraction of sp³-hybridized carbons (Fsp3) is 0.643. The van der Waals surface area contributed by atoms with E-state index in [2.05, 4.69) is 26.4 Å². The van der Waals surface area contributed by atoms with Crippen LogP contribution in [0.1, 0.15) is 31.4 Å². The van der Waals surface area contributed by atoms with Crippen molar-refractivity contribution in [1.29, 1.82) is 0 Å². The highest BCUT2D eigenvalue weighted by molar-refractivity contribution is 5.44. The van der Waals surface area contributed by atoms with Crippen LogP contribution in [0.5, 0.6) is 0 Å². The second kappa shape index (κ2) is 4.18.